The van der Waals surface area contributed by atoms with Crippen molar-refractivity contribution in [2.75, 3.05) is 7.05 Å². The molecular formula is C16H29N3. The summed E-state index contributed by atoms with van der Waals surface area (Å²) in [4.78, 5) is 0. The molecule has 2 rings (SSSR count). The van der Waals surface area contributed by atoms with Gasteiger partial charge in [-0.05, 0) is 43.7 Å². The van der Waals surface area contributed by atoms with Gasteiger partial charge in [-0.3, -0.25) is 4.68 Å². The summed E-state index contributed by atoms with van der Waals surface area (Å²) < 4.78 is 2.15. The number of nitrogens with one attached hydrogen (secondary N) is 1. The summed E-state index contributed by atoms with van der Waals surface area (Å²) >= 11 is 0. The van der Waals surface area contributed by atoms with E-state index in [4.69, 9.17) is 5.10 Å². The van der Waals surface area contributed by atoms with Crippen LogP contribution < -0.4 is 5.32 Å². The minimum absolute atomic E-state index is 0.519. The second-order valence-electron chi connectivity index (χ2n) is 6.66. The standard InChI is InChI=1S/C16H29N3/c1-6-13(7-2)19-9-8-12(18-19)10-15(17-5)14-11-16(14,3)4/h8-9,13-15,17H,6-7,10-11H2,1-5H3. The first-order chi connectivity index (χ1) is 9.01. The Labute approximate surface area is 117 Å². The van der Waals surface area contributed by atoms with E-state index >= 15 is 0 Å². The Morgan fingerprint density at radius 2 is 2.05 bits per heavy atom. The second kappa shape index (κ2) is 5.66. The lowest BCUT2D eigenvalue weighted by molar-refractivity contribution is 0.406. The molecule has 1 fully saturated rings. The normalized spacial score (nSPS) is 22.7. The number of likely N-dealkylation sites (N-methyl/N-ethyl adjacent to an activating group) is 1. The van der Waals surface area contributed by atoms with Gasteiger partial charge in [-0.1, -0.05) is 27.7 Å². The van der Waals surface area contributed by atoms with Crippen LogP contribution in [-0.2, 0) is 6.42 Å². The van der Waals surface area contributed by atoms with Crippen molar-refractivity contribution >= 4 is 0 Å². The van der Waals surface area contributed by atoms with E-state index in [1.54, 1.807) is 0 Å². The van der Waals surface area contributed by atoms with Gasteiger partial charge >= 0.3 is 0 Å². The molecule has 0 spiro atoms. The van der Waals surface area contributed by atoms with Crippen LogP contribution >= 0.6 is 0 Å². The predicted octanol–water partition coefficient (Wildman–Crippen LogP) is 3.42. The van der Waals surface area contributed by atoms with Crippen LogP contribution in [-0.4, -0.2) is 22.9 Å². The summed E-state index contributed by atoms with van der Waals surface area (Å²) in [6.07, 6.45) is 6.85. The molecule has 2 unspecified atom stereocenters. The predicted molar refractivity (Wildman–Crippen MR) is 80.3 cm³/mol. The van der Waals surface area contributed by atoms with Crippen LogP contribution in [0.5, 0.6) is 0 Å². The molecule has 0 aliphatic heterocycles. The van der Waals surface area contributed by atoms with Crippen LogP contribution in [0, 0.1) is 11.3 Å². The quantitative estimate of drug-likeness (QED) is 0.817. The van der Waals surface area contributed by atoms with Crippen LogP contribution in [0.4, 0.5) is 0 Å². The molecule has 1 aliphatic carbocycles. The fourth-order valence-electron chi connectivity index (χ4n) is 3.22. The summed E-state index contributed by atoms with van der Waals surface area (Å²) in [5.41, 5.74) is 1.75. The molecule has 1 heterocycles. The maximum atomic E-state index is 4.77. The summed E-state index contributed by atoms with van der Waals surface area (Å²) in [6.45, 7) is 9.20. The lowest BCUT2D eigenvalue weighted by Crippen LogP contribution is -2.31. The number of nitrogens with zero attached hydrogens (tertiary/aromatic N) is 2. The van der Waals surface area contributed by atoms with E-state index in [0.29, 0.717) is 17.5 Å². The maximum absolute atomic E-state index is 4.77. The Kier molecular flexibility index (Phi) is 4.34. The third-order valence-electron chi connectivity index (χ3n) is 4.86. The van der Waals surface area contributed by atoms with Gasteiger partial charge in [0.15, 0.2) is 0 Å². The van der Waals surface area contributed by atoms with Crippen LogP contribution in [0.25, 0.3) is 0 Å². The van der Waals surface area contributed by atoms with Gasteiger partial charge in [0.25, 0.3) is 0 Å². The molecule has 0 bridgehead atoms. The zero-order chi connectivity index (χ0) is 14.0. The maximum Gasteiger partial charge on any atom is 0.0640 e. The molecular weight excluding hydrogens is 234 g/mol. The number of aromatic nitrogens is 2. The molecule has 2 atom stereocenters. The van der Waals surface area contributed by atoms with E-state index in [2.05, 4.69) is 57.0 Å². The highest BCUT2D eigenvalue weighted by Gasteiger charge is 2.49. The zero-order valence-corrected chi connectivity index (χ0v) is 13.1. The molecule has 3 nitrogen and oxygen atoms in total. The lowest BCUT2D eigenvalue weighted by Gasteiger charge is -2.17. The van der Waals surface area contributed by atoms with Crippen LogP contribution in [0.1, 0.15) is 58.7 Å². The first kappa shape index (κ1) is 14.6. The molecule has 1 aromatic heterocycles. The fraction of sp³-hybridized carbons (Fsp3) is 0.812. The van der Waals surface area contributed by atoms with Gasteiger partial charge in [0.2, 0.25) is 0 Å². The minimum Gasteiger partial charge on any atom is -0.316 e. The Morgan fingerprint density at radius 3 is 2.53 bits per heavy atom. The van der Waals surface area contributed by atoms with E-state index in [1.807, 2.05) is 0 Å². The molecule has 1 saturated carbocycles. The minimum atomic E-state index is 0.519. The SMILES string of the molecule is CCC(CC)n1ccc(CC(NC)C2CC2(C)C)n1. The Hall–Kier alpha value is -0.830. The zero-order valence-electron chi connectivity index (χ0n) is 13.1. The largest absolute Gasteiger partial charge is 0.316 e. The van der Waals surface area contributed by atoms with Gasteiger partial charge in [-0.15, -0.1) is 0 Å². The Bertz CT molecular complexity index is 404. The molecule has 3 heteroatoms. The first-order valence-corrected chi connectivity index (χ1v) is 7.73. The molecule has 0 aromatic carbocycles. The van der Waals surface area contributed by atoms with Crippen molar-refractivity contribution in [1.29, 1.82) is 0 Å². The van der Waals surface area contributed by atoms with E-state index in [9.17, 15) is 0 Å². The summed E-state index contributed by atoms with van der Waals surface area (Å²) in [5, 5.41) is 8.26. The molecule has 1 aromatic rings. The number of rotatable bonds is 7. The molecule has 0 radical (unpaired) electrons. The average molecular weight is 263 g/mol. The smallest absolute Gasteiger partial charge is 0.0640 e. The van der Waals surface area contributed by atoms with Gasteiger partial charge < -0.3 is 5.32 Å². The van der Waals surface area contributed by atoms with Crippen LogP contribution in [0.3, 0.4) is 0 Å². The van der Waals surface area contributed by atoms with Crippen molar-refractivity contribution in [3.8, 4) is 0 Å². The number of hydrogen-bond donors (Lipinski definition) is 1. The van der Waals surface area contributed by atoms with Crippen molar-refractivity contribution < 1.29 is 0 Å². The van der Waals surface area contributed by atoms with Crippen molar-refractivity contribution in [2.24, 2.45) is 11.3 Å². The molecule has 19 heavy (non-hydrogen) atoms. The van der Waals surface area contributed by atoms with E-state index < -0.39 is 0 Å². The van der Waals surface area contributed by atoms with Crippen molar-refractivity contribution in [1.82, 2.24) is 15.1 Å². The van der Waals surface area contributed by atoms with Gasteiger partial charge in [-0.25, -0.2) is 0 Å². The van der Waals surface area contributed by atoms with Crippen LogP contribution in [0.2, 0.25) is 0 Å². The third kappa shape index (κ3) is 3.19. The first-order valence-electron chi connectivity index (χ1n) is 7.73. The third-order valence-corrected chi connectivity index (χ3v) is 4.86. The molecule has 1 aliphatic rings. The Balaban J connectivity index is 1.99. The van der Waals surface area contributed by atoms with Crippen LogP contribution in [0.15, 0.2) is 12.3 Å². The lowest BCUT2D eigenvalue weighted by atomic mass is 10.00. The highest BCUT2D eigenvalue weighted by atomic mass is 15.3. The van der Waals surface area contributed by atoms with Crippen molar-refractivity contribution in [3.63, 3.8) is 0 Å². The summed E-state index contributed by atoms with van der Waals surface area (Å²) in [5.74, 6) is 0.802. The molecule has 0 saturated heterocycles. The molecule has 108 valence electrons. The topological polar surface area (TPSA) is 29.9 Å². The van der Waals surface area contributed by atoms with Gasteiger partial charge in [-0.2, -0.15) is 5.10 Å². The van der Waals surface area contributed by atoms with E-state index in [-0.39, 0.29) is 0 Å². The number of hydrogen-bond acceptors (Lipinski definition) is 2. The van der Waals surface area contributed by atoms with Gasteiger partial charge in [0.1, 0.15) is 0 Å². The summed E-state index contributed by atoms with van der Waals surface area (Å²) in [7, 11) is 2.08. The van der Waals surface area contributed by atoms with E-state index in [1.165, 1.54) is 12.1 Å². The highest BCUT2D eigenvalue weighted by Crippen LogP contribution is 2.53. The Morgan fingerprint density at radius 1 is 1.42 bits per heavy atom. The molecule has 1 N–H and O–H groups in total. The monoisotopic (exact) mass is 263 g/mol. The second-order valence-corrected chi connectivity index (χ2v) is 6.66. The van der Waals surface area contributed by atoms with Gasteiger partial charge in [0.05, 0.1) is 11.7 Å². The fourth-order valence-corrected chi connectivity index (χ4v) is 3.22. The van der Waals surface area contributed by atoms with Gasteiger partial charge in [0, 0.05) is 18.7 Å². The molecule has 0 amide bonds. The average Bonchev–Trinajstić information content (AvgIpc) is 2.81. The van der Waals surface area contributed by atoms with Crippen molar-refractivity contribution in [2.45, 2.75) is 65.5 Å². The van der Waals surface area contributed by atoms with Crippen molar-refractivity contribution in [3.05, 3.63) is 18.0 Å². The summed E-state index contributed by atoms with van der Waals surface area (Å²) in [6, 6.07) is 3.32. The highest BCUT2D eigenvalue weighted by molar-refractivity contribution is 5.08. The van der Waals surface area contributed by atoms with E-state index in [0.717, 1.165) is 25.2 Å².